The summed E-state index contributed by atoms with van der Waals surface area (Å²) < 4.78 is 4.34. The minimum absolute atomic E-state index is 0.0303. The van der Waals surface area contributed by atoms with Crippen molar-refractivity contribution in [3.63, 3.8) is 0 Å². The Morgan fingerprint density at radius 2 is 1.15 bits per heavy atom. The standard InChI is InChI=1S/C17H12N6S.C8H14N2O3.C8H14N2O2.2C3H8.2C2H6/c1-3-11(14-6-18-8-20-14)4-2-10(1)12-5-13-16(22-12)24-17(23-13)15-7-19-9-21-15;1-13-8(12)9-6-7(11)10-4-2-3-5-10;1-7(11)9-6-8(12)10-4-2-3-5-10;2*1-3-2;2*1-2/h1-9,22H,(H,18,20)(H,19,21);2-6H2,1H3,(H,9,12);2-6H2,1H3,(H,9,11);2*3H2,1-2H3;2*1-2H3. The van der Waals surface area contributed by atoms with Gasteiger partial charge in [-0.3, -0.25) is 14.4 Å². The molecule has 2 aliphatic heterocycles. The van der Waals surface area contributed by atoms with Crippen LogP contribution in [0.4, 0.5) is 4.79 Å². The molecule has 0 atom stereocenters. The maximum Gasteiger partial charge on any atom is 0.407 e. The Morgan fingerprint density at radius 1 is 0.712 bits per heavy atom. The molecule has 0 saturated carbocycles. The van der Waals surface area contributed by atoms with Crippen molar-refractivity contribution in [2.75, 3.05) is 46.4 Å². The van der Waals surface area contributed by atoms with Crippen molar-refractivity contribution < 1.29 is 23.9 Å². The molecule has 2 aliphatic rings. The number of ether oxygens (including phenoxy) is 1. The summed E-state index contributed by atoms with van der Waals surface area (Å²) >= 11 is 1.62. The van der Waals surface area contributed by atoms with Crippen molar-refractivity contribution >= 4 is 45.5 Å². The van der Waals surface area contributed by atoms with Crippen molar-refractivity contribution in [2.24, 2.45) is 0 Å². The first-order chi connectivity index (χ1) is 28.6. The van der Waals surface area contributed by atoms with Crippen molar-refractivity contribution in [3.8, 4) is 33.2 Å². The number of benzene rings is 1. The Morgan fingerprint density at radius 3 is 1.56 bits per heavy atom. The lowest BCUT2D eigenvalue weighted by Gasteiger charge is -2.14. The number of aromatic amines is 3. The number of carbonyl (C=O) groups is 4. The van der Waals surface area contributed by atoms with Crippen LogP contribution >= 0.6 is 11.3 Å². The maximum absolute atomic E-state index is 11.3. The van der Waals surface area contributed by atoms with Crippen LogP contribution in [0.2, 0.25) is 0 Å². The lowest BCUT2D eigenvalue weighted by Crippen LogP contribution is -2.38. The molecule has 6 heterocycles. The summed E-state index contributed by atoms with van der Waals surface area (Å²) in [7, 11) is 1.27. The molecule has 2 fully saturated rings. The second kappa shape index (κ2) is 30.6. The molecule has 7 rings (SSSR count). The molecule has 326 valence electrons. The number of rotatable bonds is 7. The fourth-order valence-corrected chi connectivity index (χ4v) is 6.21. The van der Waals surface area contributed by atoms with E-state index in [-0.39, 0.29) is 30.8 Å². The summed E-state index contributed by atoms with van der Waals surface area (Å²) in [6, 6.07) is 10.4. The first-order valence-electron chi connectivity index (χ1n) is 20.8. The second-order valence-electron chi connectivity index (χ2n) is 12.8. The smallest absolute Gasteiger partial charge is 0.407 e. The van der Waals surface area contributed by atoms with Crippen molar-refractivity contribution in [2.45, 2.75) is 101 Å². The number of imidazole rings is 2. The van der Waals surface area contributed by atoms with Gasteiger partial charge in [-0.05, 0) is 42.9 Å². The average molecular weight is 837 g/mol. The number of hydrogen-bond donors (Lipinski definition) is 5. The van der Waals surface area contributed by atoms with Crippen LogP contribution in [0.3, 0.4) is 0 Å². The highest BCUT2D eigenvalue weighted by atomic mass is 32.1. The molecule has 4 aromatic heterocycles. The molecule has 2 saturated heterocycles. The highest BCUT2D eigenvalue weighted by Crippen LogP contribution is 2.32. The van der Waals surface area contributed by atoms with Gasteiger partial charge in [0.2, 0.25) is 17.7 Å². The monoisotopic (exact) mass is 837 g/mol. The van der Waals surface area contributed by atoms with Gasteiger partial charge in [0.05, 0.1) is 50.1 Å². The van der Waals surface area contributed by atoms with E-state index < -0.39 is 6.09 Å². The van der Waals surface area contributed by atoms with Gasteiger partial charge in [-0.2, -0.15) is 0 Å². The van der Waals surface area contributed by atoms with Crippen LogP contribution in [0.25, 0.3) is 43.6 Å². The number of thiazole rings is 1. The first kappa shape index (κ1) is 51.5. The predicted octanol–water partition coefficient (Wildman–Crippen LogP) is 8.67. The molecule has 59 heavy (non-hydrogen) atoms. The van der Waals surface area contributed by atoms with Gasteiger partial charge in [0.1, 0.15) is 21.9 Å². The number of aromatic nitrogens is 6. The minimum atomic E-state index is -0.562. The molecule has 4 amide bonds. The van der Waals surface area contributed by atoms with Gasteiger partial charge in [-0.25, -0.2) is 19.7 Å². The Labute approximate surface area is 354 Å². The van der Waals surface area contributed by atoms with E-state index in [1.807, 2.05) is 33.9 Å². The van der Waals surface area contributed by atoms with Gasteiger partial charge in [0.15, 0.2) is 0 Å². The third kappa shape index (κ3) is 18.7. The second-order valence-corrected chi connectivity index (χ2v) is 13.8. The predicted molar refractivity (Wildman–Crippen MR) is 240 cm³/mol. The summed E-state index contributed by atoms with van der Waals surface area (Å²) in [5, 5.41) is 5.79. The molecule has 1 aromatic carbocycles. The van der Waals surface area contributed by atoms with Crippen LogP contribution in [0, 0.1) is 0 Å². The van der Waals surface area contributed by atoms with E-state index in [0.717, 1.165) is 95.4 Å². The van der Waals surface area contributed by atoms with Gasteiger partial charge in [-0.1, -0.05) is 104 Å². The van der Waals surface area contributed by atoms with Crippen molar-refractivity contribution in [3.05, 3.63) is 55.4 Å². The third-order valence-electron chi connectivity index (χ3n) is 7.89. The highest BCUT2D eigenvalue weighted by molar-refractivity contribution is 7.21. The first-order valence-corrected chi connectivity index (χ1v) is 21.6. The Hall–Kier alpha value is -5.51. The summed E-state index contributed by atoms with van der Waals surface area (Å²) in [5.41, 5.74) is 6.24. The topological polar surface area (TPSA) is 194 Å². The summed E-state index contributed by atoms with van der Waals surface area (Å²) in [6.07, 6.45) is 13.2. The Bertz CT molecular complexity index is 1810. The zero-order valence-electron chi connectivity index (χ0n) is 36.9. The van der Waals surface area contributed by atoms with Gasteiger partial charge < -0.3 is 40.1 Å². The minimum Gasteiger partial charge on any atom is -0.453 e. The largest absolute Gasteiger partial charge is 0.453 e. The normalized spacial score (nSPS) is 12.2. The van der Waals surface area contributed by atoms with E-state index in [9.17, 15) is 19.2 Å². The molecule has 0 spiro atoms. The third-order valence-corrected chi connectivity index (χ3v) is 8.91. The summed E-state index contributed by atoms with van der Waals surface area (Å²) in [5.74, 6) is -0.159. The van der Waals surface area contributed by atoms with Gasteiger partial charge in [-0.15, -0.1) is 0 Å². The van der Waals surface area contributed by atoms with Crippen LogP contribution in [0.5, 0.6) is 0 Å². The number of H-pyrrole nitrogens is 3. The fourth-order valence-electron chi connectivity index (χ4n) is 5.28. The van der Waals surface area contributed by atoms with Crippen molar-refractivity contribution in [1.29, 1.82) is 0 Å². The number of carbonyl (C=O) groups excluding carboxylic acids is 4. The SMILES string of the molecule is CC.CC.CC(=O)NCC(=O)N1CCCC1.CCC.CCC.COC(=O)NCC(=O)N1CCCC1.c1ncc(-c2ccc(-c3cc4nc(-c5cnc[nH]5)sc4[nH]3)cc2)[nH]1. The van der Waals surface area contributed by atoms with E-state index in [4.69, 9.17) is 0 Å². The quantitative estimate of drug-likeness (QED) is 0.107. The molecule has 0 unspecified atom stereocenters. The molecule has 5 N–H and O–H groups in total. The van der Waals surface area contributed by atoms with E-state index in [0.29, 0.717) is 0 Å². The zero-order valence-corrected chi connectivity index (χ0v) is 37.7. The van der Waals surface area contributed by atoms with E-state index in [1.54, 1.807) is 40.0 Å². The van der Waals surface area contributed by atoms with E-state index >= 15 is 0 Å². The van der Waals surface area contributed by atoms with E-state index in [1.165, 1.54) is 26.9 Å². The average Bonchev–Trinajstić information content (AvgIpc) is 4.11. The molecule has 0 radical (unpaired) electrons. The molecule has 16 heteroatoms. The number of nitrogens with one attached hydrogen (secondary N) is 5. The van der Waals surface area contributed by atoms with Gasteiger partial charge >= 0.3 is 6.09 Å². The number of methoxy groups -OCH3 is 1. The molecular weight excluding hydrogens is 769 g/mol. The Balaban J connectivity index is 0.000000426. The van der Waals surface area contributed by atoms with Crippen LogP contribution in [0.15, 0.2) is 55.4 Å². The van der Waals surface area contributed by atoms with Crippen LogP contribution in [-0.4, -0.2) is 110 Å². The molecule has 0 aliphatic carbocycles. The molecule has 15 nitrogen and oxygen atoms in total. The number of amides is 4. The Kier molecular flexibility index (Phi) is 26.7. The highest BCUT2D eigenvalue weighted by Gasteiger charge is 2.19. The summed E-state index contributed by atoms with van der Waals surface area (Å²) in [4.78, 5) is 70.7. The van der Waals surface area contributed by atoms with E-state index in [2.05, 4.69) is 103 Å². The van der Waals surface area contributed by atoms with Gasteiger partial charge in [0.25, 0.3) is 0 Å². The van der Waals surface area contributed by atoms with Crippen LogP contribution in [0.1, 0.15) is 101 Å². The van der Waals surface area contributed by atoms with Crippen LogP contribution in [-0.2, 0) is 19.1 Å². The fraction of sp³-hybridized carbons (Fsp3) is 0.512. The van der Waals surface area contributed by atoms with Gasteiger partial charge in [0, 0.05) is 38.8 Å². The summed E-state index contributed by atoms with van der Waals surface area (Å²) in [6.45, 7) is 21.4. The van der Waals surface area contributed by atoms with Crippen LogP contribution < -0.4 is 10.6 Å². The lowest BCUT2D eigenvalue weighted by atomic mass is 10.1. The van der Waals surface area contributed by atoms with Crippen molar-refractivity contribution in [1.82, 2.24) is 50.3 Å². The molecule has 5 aromatic rings. The lowest BCUT2D eigenvalue weighted by molar-refractivity contribution is -0.131. The molecular formula is C43H68N10O5S. The number of likely N-dealkylation sites (tertiary alicyclic amines) is 2. The zero-order chi connectivity index (χ0) is 44.0. The number of fused-ring (bicyclic) bond motifs is 1. The number of nitrogens with zero attached hydrogens (tertiary/aromatic N) is 5. The number of alkyl carbamates (subject to hydrolysis) is 1. The number of hydrogen-bond acceptors (Lipinski definition) is 9. The molecule has 0 bridgehead atoms. The maximum atomic E-state index is 11.3.